The number of rotatable bonds is 12. The molecule has 0 aromatic heterocycles. The predicted octanol–water partition coefficient (Wildman–Crippen LogP) is 1.40. The molecule has 0 spiro atoms. The molecule has 20 heavy (non-hydrogen) atoms. The highest BCUT2D eigenvalue weighted by atomic mass is 16.6. The first-order valence-corrected chi connectivity index (χ1v) is 7.32. The second-order valence-electron chi connectivity index (χ2n) is 5.26. The Morgan fingerprint density at radius 3 is 2.15 bits per heavy atom. The summed E-state index contributed by atoms with van der Waals surface area (Å²) in [6.07, 6.45) is -0.406. The minimum atomic E-state index is -0.406. The Bertz CT molecular complexity index is 235. The molecule has 6 nitrogen and oxygen atoms in total. The lowest BCUT2D eigenvalue weighted by Crippen LogP contribution is -2.31. The number of carbonyl (C=O) groups is 1. The summed E-state index contributed by atoms with van der Waals surface area (Å²) >= 11 is 0. The fourth-order valence-corrected chi connectivity index (χ4v) is 1.33. The minimum absolute atomic E-state index is 0.0844. The van der Waals surface area contributed by atoms with Crippen LogP contribution in [0.2, 0.25) is 0 Å². The SMILES string of the molecule is CC(C)CNCCOCCOCCOC(=O)NC(C)C. The Hall–Kier alpha value is -0.850. The second-order valence-corrected chi connectivity index (χ2v) is 5.26. The molecule has 0 aliphatic carbocycles. The number of hydrogen-bond donors (Lipinski definition) is 2. The Kier molecular flexibility index (Phi) is 12.6. The third-order valence-electron chi connectivity index (χ3n) is 2.22. The zero-order chi connectivity index (χ0) is 15.2. The number of amides is 1. The zero-order valence-corrected chi connectivity index (χ0v) is 13.2. The minimum Gasteiger partial charge on any atom is -0.447 e. The van der Waals surface area contributed by atoms with E-state index < -0.39 is 6.09 Å². The van der Waals surface area contributed by atoms with Crippen molar-refractivity contribution in [1.29, 1.82) is 0 Å². The van der Waals surface area contributed by atoms with Gasteiger partial charge >= 0.3 is 6.09 Å². The Morgan fingerprint density at radius 2 is 1.55 bits per heavy atom. The van der Waals surface area contributed by atoms with Gasteiger partial charge in [0.1, 0.15) is 6.61 Å². The first-order chi connectivity index (χ1) is 9.52. The largest absolute Gasteiger partial charge is 0.447 e. The van der Waals surface area contributed by atoms with Crippen molar-refractivity contribution in [2.45, 2.75) is 33.7 Å². The maximum absolute atomic E-state index is 11.1. The molecule has 6 heteroatoms. The van der Waals surface area contributed by atoms with Crippen LogP contribution >= 0.6 is 0 Å². The molecule has 0 bridgehead atoms. The van der Waals surface area contributed by atoms with Gasteiger partial charge in [0.15, 0.2) is 0 Å². The van der Waals surface area contributed by atoms with Crippen molar-refractivity contribution < 1.29 is 19.0 Å². The van der Waals surface area contributed by atoms with Gasteiger partial charge in [0.2, 0.25) is 0 Å². The van der Waals surface area contributed by atoms with Gasteiger partial charge in [0.25, 0.3) is 0 Å². The van der Waals surface area contributed by atoms with Crippen molar-refractivity contribution in [1.82, 2.24) is 10.6 Å². The maximum Gasteiger partial charge on any atom is 0.407 e. The monoisotopic (exact) mass is 290 g/mol. The number of nitrogens with one attached hydrogen (secondary N) is 2. The highest BCUT2D eigenvalue weighted by molar-refractivity contribution is 5.67. The van der Waals surface area contributed by atoms with Gasteiger partial charge in [-0.05, 0) is 26.3 Å². The van der Waals surface area contributed by atoms with E-state index in [9.17, 15) is 4.79 Å². The second kappa shape index (κ2) is 13.1. The van der Waals surface area contributed by atoms with Crippen LogP contribution in [0.5, 0.6) is 0 Å². The number of hydrogen-bond acceptors (Lipinski definition) is 5. The zero-order valence-electron chi connectivity index (χ0n) is 13.2. The molecule has 0 aromatic carbocycles. The molecule has 0 rings (SSSR count). The van der Waals surface area contributed by atoms with Crippen LogP contribution in [0.4, 0.5) is 4.79 Å². The summed E-state index contributed by atoms with van der Waals surface area (Å²) in [5.41, 5.74) is 0. The fraction of sp³-hybridized carbons (Fsp3) is 0.929. The van der Waals surface area contributed by atoms with Crippen LogP contribution in [0.25, 0.3) is 0 Å². The van der Waals surface area contributed by atoms with Crippen LogP contribution in [0, 0.1) is 5.92 Å². The standard InChI is InChI=1S/C14H30N2O4/c1-12(2)11-15-5-6-18-7-8-19-9-10-20-14(17)16-13(3)4/h12-13,15H,5-11H2,1-4H3,(H,16,17). The third kappa shape index (κ3) is 15.2. The summed E-state index contributed by atoms with van der Waals surface area (Å²) in [5, 5.41) is 5.93. The molecule has 0 unspecified atom stereocenters. The van der Waals surface area contributed by atoms with E-state index >= 15 is 0 Å². The molecule has 0 radical (unpaired) electrons. The Morgan fingerprint density at radius 1 is 0.950 bits per heavy atom. The van der Waals surface area contributed by atoms with E-state index in [1.165, 1.54) is 0 Å². The lowest BCUT2D eigenvalue weighted by molar-refractivity contribution is 0.0286. The van der Waals surface area contributed by atoms with Crippen LogP contribution in [0.1, 0.15) is 27.7 Å². The number of ether oxygens (including phenoxy) is 3. The molecule has 0 atom stereocenters. The van der Waals surface area contributed by atoms with Gasteiger partial charge in [-0.3, -0.25) is 0 Å². The van der Waals surface area contributed by atoms with E-state index in [0.29, 0.717) is 32.3 Å². The van der Waals surface area contributed by atoms with E-state index in [1.807, 2.05) is 13.8 Å². The first-order valence-electron chi connectivity index (χ1n) is 7.32. The van der Waals surface area contributed by atoms with Crippen molar-refractivity contribution >= 4 is 6.09 Å². The van der Waals surface area contributed by atoms with E-state index in [2.05, 4.69) is 24.5 Å². The molecule has 0 saturated heterocycles. The van der Waals surface area contributed by atoms with Crippen molar-refractivity contribution in [3.63, 3.8) is 0 Å². The van der Waals surface area contributed by atoms with Gasteiger partial charge < -0.3 is 24.8 Å². The van der Waals surface area contributed by atoms with Crippen molar-refractivity contribution in [3.05, 3.63) is 0 Å². The van der Waals surface area contributed by atoms with Crippen LogP contribution in [-0.4, -0.2) is 58.3 Å². The van der Waals surface area contributed by atoms with Crippen LogP contribution in [-0.2, 0) is 14.2 Å². The smallest absolute Gasteiger partial charge is 0.407 e. The average Bonchev–Trinajstić information content (AvgIpc) is 2.34. The molecule has 0 aliphatic heterocycles. The van der Waals surface area contributed by atoms with E-state index in [0.717, 1.165) is 13.1 Å². The maximum atomic E-state index is 11.1. The highest BCUT2D eigenvalue weighted by Crippen LogP contribution is 1.87. The first kappa shape index (κ1) is 19.1. The van der Waals surface area contributed by atoms with Crippen LogP contribution in [0.3, 0.4) is 0 Å². The summed E-state index contributed by atoms with van der Waals surface area (Å²) in [6, 6.07) is 0.0844. The molecule has 0 aliphatic rings. The van der Waals surface area contributed by atoms with Gasteiger partial charge in [-0.15, -0.1) is 0 Å². The lowest BCUT2D eigenvalue weighted by atomic mass is 10.2. The van der Waals surface area contributed by atoms with Crippen LogP contribution in [0.15, 0.2) is 0 Å². The van der Waals surface area contributed by atoms with E-state index in [4.69, 9.17) is 14.2 Å². The highest BCUT2D eigenvalue weighted by Gasteiger charge is 2.02. The normalized spacial score (nSPS) is 11.1. The molecular formula is C14H30N2O4. The lowest BCUT2D eigenvalue weighted by Gasteiger charge is -2.10. The summed E-state index contributed by atoms with van der Waals surface area (Å²) in [5.74, 6) is 0.659. The predicted molar refractivity (Wildman–Crippen MR) is 79.0 cm³/mol. The molecule has 0 saturated carbocycles. The molecule has 0 heterocycles. The third-order valence-corrected chi connectivity index (χ3v) is 2.22. The summed E-state index contributed by atoms with van der Waals surface area (Å²) in [7, 11) is 0. The molecule has 0 fully saturated rings. The molecule has 2 N–H and O–H groups in total. The Balaban J connectivity index is 3.11. The number of carbonyl (C=O) groups excluding carboxylic acids is 1. The van der Waals surface area contributed by atoms with Crippen molar-refractivity contribution in [3.8, 4) is 0 Å². The van der Waals surface area contributed by atoms with Gasteiger partial charge in [0, 0.05) is 12.6 Å². The van der Waals surface area contributed by atoms with E-state index in [-0.39, 0.29) is 12.6 Å². The summed E-state index contributed by atoms with van der Waals surface area (Å²) in [4.78, 5) is 11.1. The number of alkyl carbamates (subject to hydrolysis) is 1. The summed E-state index contributed by atoms with van der Waals surface area (Å²) < 4.78 is 15.6. The molecule has 0 aromatic rings. The van der Waals surface area contributed by atoms with Gasteiger partial charge in [-0.25, -0.2) is 4.79 Å². The van der Waals surface area contributed by atoms with Crippen molar-refractivity contribution in [2.75, 3.05) is 46.1 Å². The quantitative estimate of drug-likeness (QED) is 0.532. The fourth-order valence-electron chi connectivity index (χ4n) is 1.33. The van der Waals surface area contributed by atoms with Gasteiger partial charge in [0.05, 0.1) is 26.4 Å². The Labute approximate surface area is 122 Å². The van der Waals surface area contributed by atoms with Gasteiger partial charge in [-0.1, -0.05) is 13.8 Å². The van der Waals surface area contributed by atoms with Crippen LogP contribution < -0.4 is 10.6 Å². The van der Waals surface area contributed by atoms with Gasteiger partial charge in [-0.2, -0.15) is 0 Å². The van der Waals surface area contributed by atoms with Crippen molar-refractivity contribution in [2.24, 2.45) is 5.92 Å². The topological polar surface area (TPSA) is 68.8 Å². The average molecular weight is 290 g/mol. The molecular weight excluding hydrogens is 260 g/mol. The van der Waals surface area contributed by atoms with E-state index in [1.54, 1.807) is 0 Å². The molecule has 120 valence electrons. The summed E-state index contributed by atoms with van der Waals surface area (Å²) in [6.45, 7) is 12.4. The molecule has 1 amide bonds.